The van der Waals surface area contributed by atoms with Gasteiger partial charge < -0.3 is 24.2 Å². The van der Waals surface area contributed by atoms with Crippen molar-refractivity contribution >= 4 is 11.9 Å². The number of benzene rings is 1. The lowest BCUT2D eigenvalue weighted by Crippen LogP contribution is -2.41. The van der Waals surface area contributed by atoms with Crippen molar-refractivity contribution in [1.29, 1.82) is 0 Å². The SMILES string of the molecule is COc1ccc(-c2noc(N3CCC(C(=O)NC4CC4)CC3)n2)cc1OC. The predicted octanol–water partition coefficient (Wildman–Crippen LogP) is 2.25. The van der Waals surface area contributed by atoms with Crippen LogP contribution in [-0.4, -0.2) is 49.4 Å². The number of carbonyl (C=O) groups excluding carboxylic acids is 1. The Morgan fingerprint density at radius 3 is 2.56 bits per heavy atom. The number of aromatic nitrogens is 2. The van der Waals surface area contributed by atoms with E-state index in [0.29, 0.717) is 29.4 Å². The zero-order valence-electron chi connectivity index (χ0n) is 15.6. The highest BCUT2D eigenvalue weighted by Gasteiger charge is 2.31. The first-order valence-corrected chi connectivity index (χ1v) is 9.29. The van der Waals surface area contributed by atoms with E-state index in [9.17, 15) is 4.79 Å². The Kier molecular flexibility index (Phi) is 4.87. The molecule has 0 unspecified atom stereocenters. The number of ether oxygens (including phenoxy) is 2. The number of rotatable bonds is 6. The Morgan fingerprint density at radius 2 is 1.89 bits per heavy atom. The van der Waals surface area contributed by atoms with Crippen LogP contribution in [0.15, 0.2) is 22.7 Å². The lowest BCUT2D eigenvalue weighted by atomic mass is 9.96. The highest BCUT2D eigenvalue weighted by Crippen LogP contribution is 2.32. The second-order valence-corrected chi connectivity index (χ2v) is 7.01. The van der Waals surface area contributed by atoms with Gasteiger partial charge in [0, 0.05) is 30.6 Å². The summed E-state index contributed by atoms with van der Waals surface area (Å²) in [5.74, 6) is 2.03. The van der Waals surface area contributed by atoms with Crippen molar-refractivity contribution in [1.82, 2.24) is 15.5 Å². The maximum Gasteiger partial charge on any atom is 0.324 e. The van der Waals surface area contributed by atoms with E-state index in [1.165, 1.54) is 0 Å². The van der Waals surface area contributed by atoms with E-state index in [4.69, 9.17) is 14.0 Å². The van der Waals surface area contributed by atoms with Crippen LogP contribution in [0, 0.1) is 5.92 Å². The molecule has 2 heterocycles. The summed E-state index contributed by atoms with van der Waals surface area (Å²) in [5.41, 5.74) is 0.793. The molecule has 0 bridgehead atoms. The number of nitrogens with one attached hydrogen (secondary N) is 1. The third kappa shape index (κ3) is 3.84. The normalized spacial score (nSPS) is 17.6. The van der Waals surface area contributed by atoms with Crippen molar-refractivity contribution in [3.05, 3.63) is 18.2 Å². The summed E-state index contributed by atoms with van der Waals surface area (Å²) in [6.45, 7) is 1.46. The van der Waals surface area contributed by atoms with Crippen LogP contribution in [0.1, 0.15) is 25.7 Å². The molecular weight excluding hydrogens is 348 g/mol. The zero-order chi connectivity index (χ0) is 18.8. The lowest BCUT2D eigenvalue weighted by molar-refractivity contribution is -0.125. The van der Waals surface area contributed by atoms with Crippen LogP contribution in [0.4, 0.5) is 6.01 Å². The van der Waals surface area contributed by atoms with Gasteiger partial charge >= 0.3 is 6.01 Å². The topological polar surface area (TPSA) is 89.7 Å². The summed E-state index contributed by atoms with van der Waals surface area (Å²) in [7, 11) is 3.19. The number of methoxy groups -OCH3 is 2. The number of nitrogens with zero attached hydrogens (tertiary/aromatic N) is 3. The van der Waals surface area contributed by atoms with Gasteiger partial charge in [-0.2, -0.15) is 4.98 Å². The smallest absolute Gasteiger partial charge is 0.324 e. The van der Waals surface area contributed by atoms with Crippen LogP contribution in [0.5, 0.6) is 11.5 Å². The van der Waals surface area contributed by atoms with Crippen molar-refractivity contribution in [2.45, 2.75) is 31.7 Å². The van der Waals surface area contributed by atoms with E-state index in [-0.39, 0.29) is 11.8 Å². The monoisotopic (exact) mass is 372 g/mol. The van der Waals surface area contributed by atoms with Crippen molar-refractivity contribution in [2.24, 2.45) is 5.92 Å². The number of amides is 1. The third-order valence-electron chi connectivity index (χ3n) is 5.12. The van der Waals surface area contributed by atoms with Crippen molar-refractivity contribution in [2.75, 3.05) is 32.2 Å². The molecule has 1 N–H and O–H groups in total. The van der Waals surface area contributed by atoms with E-state index in [2.05, 4.69) is 15.5 Å². The molecular formula is C19H24N4O4. The summed E-state index contributed by atoms with van der Waals surface area (Å²) < 4.78 is 16.0. The van der Waals surface area contributed by atoms with Gasteiger partial charge in [0.1, 0.15) is 0 Å². The molecule has 1 saturated heterocycles. The Balaban J connectivity index is 1.40. The first kappa shape index (κ1) is 17.6. The van der Waals surface area contributed by atoms with E-state index in [1.807, 2.05) is 23.1 Å². The van der Waals surface area contributed by atoms with Gasteiger partial charge in [0.25, 0.3) is 0 Å². The molecule has 1 aromatic heterocycles. The van der Waals surface area contributed by atoms with Crippen LogP contribution in [0.25, 0.3) is 11.4 Å². The average molecular weight is 372 g/mol. The standard InChI is InChI=1S/C19H24N4O4/c1-25-15-6-3-13(11-16(15)26-2)17-21-19(27-22-17)23-9-7-12(8-10-23)18(24)20-14-4-5-14/h3,6,11-12,14H,4-5,7-10H2,1-2H3,(H,20,24). The molecule has 1 aliphatic heterocycles. The van der Waals surface area contributed by atoms with Crippen molar-refractivity contribution in [3.63, 3.8) is 0 Å². The van der Waals surface area contributed by atoms with Gasteiger partial charge in [-0.1, -0.05) is 5.16 Å². The van der Waals surface area contributed by atoms with Crippen molar-refractivity contribution < 1.29 is 18.8 Å². The number of piperidine rings is 1. The van der Waals surface area contributed by atoms with Gasteiger partial charge in [0.05, 0.1) is 14.2 Å². The summed E-state index contributed by atoms with van der Waals surface area (Å²) >= 11 is 0. The molecule has 2 aromatic rings. The highest BCUT2D eigenvalue weighted by molar-refractivity contribution is 5.79. The number of hydrogen-bond acceptors (Lipinski definition) is 7. The van der Waals surface area contributed by atoms with Crippen LogP contribution in [-0.2, 0) is 4.79 Å². The molecule has 0 radical (unpaired) electrons. The highest BCUT2D eigenvalue weighted by atomic mass is 16.5. The quantitative estimate of drug-likeness (QED) is 0.832. The molecule has 4 rings (SSSR count). The number of hydrogen-bond donors (Lipinski definition) is 1. The zero-order valence-corrected chi connectivity index (χ0v) is 15.6. The van der Waals surface area contributed by atoms with Gasteiger partial charge in [-0.05, 0) is 43.9 Å². The van der Waals surface area contributed by atoms with E-state index >= 15 is 0 Å². The molecule has 0 atom stereocenters. The molecule has 1 aliphatic carbocycles. The third-order valence-corrected chi connectivity index (χ3v) is 5.12. The first-order valence-electron chi connectivity index (χ1n) is 9.29. The van der Waals surface area contributed by atoms with Crippen LogP contribution >= 0.6 is 0 Å². The Hall–Kier alpha value is -2.77. The maximum absolute atomic E-state index is 12.2. The Bertz CT molecular complexity index is 810. The van der Waals surface area contributed by atoms with E-state index < -0.39 is 0 Å². The fourth-order valence-corrected chi connectivity index (χ4v) is 3.32. The number of anilines is 1. The maximum atomic E-state index is 12.2. The molecule has 1 aromatic carbocycles. The molecule has 8 nitrogen and oxygen atoms in total. The van der Waals surface area contributed by atoms with Gasteiger partial charge in [-0.15, -0.1) is 0 Å². The minimum Gasteiger partial charge on any atom is -0.493 e. The molecule has 27 heavy (non-hydrogen) atoms. The molecule has 0 spiro atoms. The minimum atomic E-state index is 0.0788. The summed E-state index contributed by atoms with van der Waals surface area (Å²) in [4.78, 5) is 18.7. The molecule has 2 aliphatic rings. The second-order valence-electron chi connectivity index (χ2n) is 7.01. The second kappa shape index (κ2) is 7.46. The summed E-state index contributed by atoms with van der Waals surface area (Å²) in [6.07, 6.45) is 3.83. The molecule has 2 fully saturated rings. The van der Waals surface area contributed by atoms with Crippen molar-refractivity contribution in [3.8, 4) is 22.9 Å². The fraction of sp³-hybridized carbons (Fsp3) is 0.526. The lowest BCUT2D eigenvalue weighted by Gasteiger charge is -2.29. The predicted molar refractivity (Wildman–Crippen MR) is 98.9 cm³/mol. The van der Waals surface area contributed by atoms with Gasteiger partial charge in [0.2, 0.25) is 11.7 Å². The minimum absolute atomic E-state index is 0.0788. The van der Waals surface area contributed by atoms with Crippen LogP contribution in [0.2, 0.25) is 0 Å². The fourth-order valence-electron chi connectivity index (χ4n) is 3.32. The average Bonchev–Trinajstić information content (AvgIpc) is 3.39. The summed E-state index contributed by atoms with van der Waals surface area (Å²) in [6, 6.07) is 6.40. The van der Waals surface area contributed by atoms with E-state index in [1.54, 1.807) is 14.2 Å². The van der Waals surface area contributed by atoms with Gasteiger partial charge in [0.15, 0.2) is 11.5 Å². The molecule has 8 heteroatoms. The van der Waals surface area contributed by atoms with Crippen LogP contribution in [0.3, 0.4) is 0 Å². The van der Waals surface area contributed by atoms with E-state index in [0.717, 1.165) is 44.3 Å². The first-order chi connectivity index (χ1) is 13.2. The Labute approximate surface area is 157 Å². The van der Waals surface area contributed by atoms with Crippen LogP contribution < -0.4 is 19.7 Å². The van der Waals surface area contributed by atoms with Gasteiger partial charge in [-0.25, -0.2) is 0 Å². The number of carbonyl (C=O) groups is 1. The Morgan fingerprint density at radius 1 is 1.15 bits per heavy atom. The molecule has 1 saturated carbocycles. The molecule has 1 amide bonds. The van der Waals surface area contributed by atoms with Gasteiger partial charge in [-0.3, -0.25) is 4.79 Å². The molecule has 144 valence electrons. The largest absolute Gasteiger partial charge is 0.493 e. The summed E-state index contributed by atoms with van der Waals surface area (Å²) in [5, 5.41) is 7.18.